The van der Waals surface area contributed by atoms with Gasteiger partial charge in [-0.1, -0.05) is 30.4 Å². The second kappa shape index (κ2) is 6.79. The minimum atomic E-state index is -0.453. The van der Waals surface area contributed by atoms with Crippen LogP contribution in [0.4, 0.5) is 4.79 Å². The van der Waals surface area contributed by atoms with Crippen LogP contribution in [-0.2, 0) is 5.54 Å². The molecule has 1 N–H and O–H groups in total. The fraction of sp³-hybridized carbons (Fsp3) is 0.381. The van der Waals surface area contributed by atoms with Gasteiger partial charge in [0.2, 0.25) is 0 Å². The summed E-state index contributed by atoms with van der Waals surface area (Å²) in [6, 6.07) is 12.0. The highest BCUT2D eigenvalue weighted by Gasteiger charge is 2.32. The van der Waals surface area contributed by atoms with Crippen molar-refractivity contribution in [3.05, 3.63) is 66.1 Å². The van der Waals surface area contributed by atoms with Gasteiger partial charge in [0.25, 0.3) is 0 Å². The SMILES string of the molecule is C=C(C)c1cccc(C(C)(C)NC(=O)N2CCC(c3ccco3)C2)c1. The minimum absolute atomic E-state index is 0.0280. The minimum Gasteiger partial charge on any atom is -0.469 e. The largest absolute Gasteiger partial charge is 0.469 e. The number of urea groups is 1. The highest BCUT2D eigenvalue weighted by molar-refractivity contribution is 5.76. The van der Waals surface area contributed by atoms with E-state index >= 15 is 0 Å². The molecule has 2 aromatic rings. The van der Waals surface area contributed by atoms with Crippen molar-refractivity contribution >= 4 is 11.6 Å². The third-order valence-electron chi connectivity index (χ3n) is 4.92. The van der Waals surface area contributed by atoms with Gasteiger partial charge in [0.05, 0.1) is 11.8 Å². The average Bonchev–Trinajstić information content (AvgIpc) is 3.25. The number of hydrogen-bond donors (Lipinski definition) is 1. The van der Waals surface area contributed by atoms with Gasteiger partial charge in [-0.15, -0.1) is 0 Å². The lowest BCUT2D eigenvalue weighted by Crippen LogP contribution is -2.47. The van der Waals surface area contributed by atoms with Gasteiger partial charge in [-0.25, -0.2) is 4.79 Å². The third-order valence-corrected chi connectivity index (χ3v) is 4.92. The molecule has 3 rings (SSSR count). The van der Waals surface area contributed by atoms with Crippen LogP contribution >= 0.6 is 0 Å². The third kappa shape index (κ3) is 3.78. The normalized spacial score (nSPS) is 17.6. The molecule has 1 aliphatic heterocycles. The predicted octanol–water partition coefficient (Wildman–Crippen LogP) is 4.75. The molecule has 0 spiro atoms. The van der Waals surface area contributed by atoms with Crippen LogP contribution in [0.15, 0.2) is 53.7 Å². The highest BCUT2D eigenvalue weighted by atomic mass is 16.3. The Hall–Kier alpha value is -2.49. The number of amides is 2. The fourth-order valence-corrected chi connectivity index (χ4v) is 3.29. The Morgan fingerprint density at radius 2 is 2.12 bits per heavy atom. The number of carbonyl (C=O) groups excluding carboxylic acids is 1. The van der Waals surface area contributed by atoms with Gasteiger partial charge < -0.3 is 14.6 Å². The van der Waals surface area contributed by atoms with E-state index in [4.69, 9.17) is 4.42 Å². The van der Waals surface area contributed by atoms with Crippen molar-refractivity contribution in [3.63, 3.8) is 0 Å². The van der Waals surface area contributed by atoms with Gasteiger partial charge in [0, 0.05) is 19.0 Å². The van der Waals surface area contributed by atoms with Crippen LogP contribution in [0.2, 0.25) is 0 Å². The Labute approximate surface area is 149 Å². The van der Waals surface area contributed by atoms with E-state index in [1.165, 1.54) is 0 Å². The monoisotopic (exact) mass is 338 g/mol. The number of allylic oxidation sites excluding steroid dienone is 1. The molecule has 4 nitrogen and oxygen atoms in total. The van der Waals surface area contributed by atoms with Crippen molar-refractivity contribution < 1.29 is 9.21 Å². The van der Waals surface area contributed by atoms with Crippen LogP contribution in [-0.4, -0.2) is 24.0 Å². The summed E-state index contributed by atoms with van der Waals surface area (Å²) in [6.45, 7) is 11.5. The molecule has 25 heavy (non-hydrogen) atoms. The Kier molecular flexibility index (Phi) is 4.71. The summed E-state index contributed by atoms with van der Waals surface area (Å²) >= 11 is 0. The molecule has 0 aliphatic carbocycles. The van der Waals surface area contributed by atoms with E-state index in [2.05, 4.69) is 18.0 Å². The summed E-state index contributed by atoms with van der Waals surface area (Å²) in [7, 11) is 0. The van der Waals surface area contributed by atoms with E-state index in [-0.39, 0.29) is 11.9 Å². The zero-order chi connectivity index (χ0) is 18.0. The van der Waals surface area contributed by atoms with E-state index in [0.29, 0.717) is 6.54 Å². The lowest BCUT2D eigenvalue weighted by atomic mass is 9.92. The van der Waals surface area contributed by atoms with E-state index < -0.39 is 5.54 Å². The molecule has 0 bridgehead atoms. The molecule has 1 unspecified atom stereocenters. The molecule has 0 saturated carbocycles. The van der Waals surface area contributed by atoms with E-state index in [0.717, 1.165) is 35.4 Å². The number of rotatable bonds is 4. The quantitative estimate of drug-likeness (QED) is 0.874. The number of likely N-dealkylation sites (tertiary alicyclic amines) is 1. The van der Waals surface area contributed by atoms with Crippen molar-refractivity contribution in [1.82, 2.24) is 10.2 Å². The molecule has 1 aromatic carbocycles. The molecule has 1 fully saturated rings. The number of nitrogens with zero attached hydrogens (tertiary/aromatic N) is 1. The first-order valence-corrected chi connectivity index (χ1v) is 8.74. The molecule has 1 atom stereocenters. The Morgan fingerprint density at radius 1 is 1.32 bits per heavy atom. The second-order valence-corrected chi connectivity index (χ2v) is 7.36. The summed E-state index contributed by atoms with van der Waals surface area (Å²) in [5.41, 5.74) is 2.73. The number of carbonyl (C=O) groups is 1. The first kappa shape index (κ1) is 17.3. The lowest BCUT2D eigenvalue weighted by Gasteiger charge is -2.30. The zero-order valence-corrected chi connectivity index (χ0v) is 15.2. The van der Waals surface area contributed by atoms with Gasteiger partial charge in [-0.05, 0) is 56.5 Å². The van der Waals surface area contributed by atoms with Crippen LogP contribution in [0.3, 0.4) is 0 Å². The van der Waals surface area contributed by atoms with E-state index in [1.807, 2.05) is 56.0 Å². The zero-order valence-electron chi connectivity index (χ0n) is 15.2. The van der Waals surface area contributed by atoms with Crippen LogP contribution in [0.25, 0.3) is 5.57 Å². The standard InChI is InChI=1S/C21H26N2O2/c1-15(2)16-7-5-8-18(13-16)21(3,4)22-20(24)23-11-10-17(14-23)19-9-6-12-25-19/h5-9,12-13,17H,1,10-11,14H2,2-4H3,(H,22,24). The Bertz CT molecular complexity index is 762. The number of furan rings is 1. The topological polar surface area (TPSA) is 45.5 Å². The second-order valence-electron chi connectivity index (χ2n) is 7.36. The lowest BCUT2D eigenvalue weighted by molar-refractivity contribution is 0.196. The molecular weight excluding hydrogens is 312 g/mol. The number of nitrogens with one attached hydrogen (secondary N) is 1. The summed E-state index contributed by atoms with van der Waals surface area (Å²) in [6.07, 6.45) is 2.63. The first-order valence-electron chi connectivity index (χ1n) is 8.74. The molecule has 1 saturated heterocycles. The van der Waals surface area contributed by atoms with Crippen molar-refractivity contribution in [1.29, 1.82) is 0 Å². The maximum absolute atomic E-state index is 12.7. The molecular formula is C21H26N2O2. The molecule has 0 radical (unpaired) electrons. The smallest absolute Gasteiger partial charge is 0.318 e. The Morgan fingerprint density at radius 3 is 2.80 bits per heavy atom. The summed E-state index contributed by atoms with van der Waals surface area (Å²) in [4.78, 5) is 14.6. The molecule has 1 aliphatic rings. The molecule has 1 aromatic heterocycles. The van der Waals surface area contributed by atoms with Crippen molar-refractivity contribution in [3.8, 4) is 0 Å². The number of benzene rings is 1. The molecule has 132 valence electrons. The van der Waals surface area contributed by atoms with E-state index in [1.54, 1.807) is 6.26 Å². The summed E-state index contributed by atoms with van der Waals surface area (Å²) in [5, 5.41) is 3.17. The number of hydrogen-bond acceptors (Lipinski definition) is 2. The van der Waals surface area contributed by atoms with E-state index in [9.17, 15) is 4.79 Å². The first-order chi connectivity index (χ1) is 11.9. The van der Waals surface area contributed by atoms with Gasteiger partial charge in [0.1, 0.15) is 5.76 Å². The van der Waals surface area contributed by atoms with Crippen LogP contribution < -0.4 is 5.32 Å². The van der Waals surface area contributed by atoms with Crippen LogP contribution in [0.5, 0.6) is 0 Å². The van der Waals surface area contributed by atoms with Crippen molar-refractivity contribution in [2.24, 2.45) is 0 Å². The van der Waals surface area contributed by atoms with Gasteiger partial charge >= 0.3 is 6.03 Å². The van der Waals surface area contributed by atoms with Gasteiger partial charge in [-0.2, -0.15) is 0 Å². The fourth-order valence-electron chi connectivity index (χ4n) is 3.29. The van der Waals surface area contributed by atoms with Crippen molar-refractivity contribution in [2.45, 2.75) is 38.6 Å². The maximum atomic E-state index is 12.7. The molecule has 2 amide bonds. The predicted molar refractivity (Wildman–Crippen MR) is 100 cm³/mol. The summed E-state index contributed by atoms with van der Waals surface area (Å²) < 4.78 is 5.48. The van der Waals surface area contributed by atoms with Crippen LogP contribution in [0.1, 0.15) is 50.0 Å². The molecule has 2 heterocycles. The van der Waals surface area contributed by atoms with Crippen LogP contribution in [0, 0.1) is 0 Å². The molecule has 4 heteroatoms. The van der Waals surface area contributed by atoms with Gasteiger partial charge in [-0.3, -0.25) is 0 Å². The summed E-state index contributed by atoms with van der Waals surface area (Å²) in [5.74, 6) is 1.25. The van der Waals surface area contributed by atoms with Crippen molar-refractivity contribution in [2.75, 3.05) is 13.1 Å². The highest BCUT2D eigenvalue weighted by Crippen LogP contribution is 2.29. The average molecular weight is 338 g/mol. The van der Waals surface area contributed by atoms with Gasteiger partial charge in [0.15, 0.2) is 0 Å². The maximum Gasteiger partial charge on any atom is 0.318 e. The Balaban J connectivity index is 1.67.